The molecule has 2 aromatic rings. The van der Waals surface area contributed by atoms with Crippen LogP contribution >= 0.6 is 23.2 Å². The van der Waals surface area contributed by atoms with Crippen LogP contribution in [0.4, 0.5) is 5.69 Å². The lowest BCUT2D eigenvalue weighted by molar-refractivity contribution is 0.0690. The number of carbonyl (C=O) groups excluding carboxylic acids is 1. The monoisotopic (exact) mass is 311 g/mol. The van der Waals surface area contributed by atoms with Crippen LogP contribution < -0.4 is 5.32 Å². The van der Waals surface area contributed by atoms with Crippen molar-refractivity contribution in [2.45, 2.75) is 0 Å². The van der Waals surface area contributed by atoms with Gasteiger partial charge in [0.25, 0.3) is 5.91 Å². The number of hydrogen-bond acceptors (Lipinski definition) is 4. The van der Waals surface area contributed by atoms with Crippen molar-refractivity contribution in [3.05, 3.63) is 52.0 Å². The van der Waals surface area contributed by atoms with Gasteiger partial charge in [0.1, 0.15) is 16.0 Å². The second-order valence-corrected chi connectivity index (χ2v) is 4.47. The average Bonchev–Trinajstić information content (AvgIpc) is 2.38. The molecule has 0 aliphatic rings. The summed E-state index contributed by atoms with van der Waals surface area (Å²) >= 11 is 11.4. The second kappa shape index (κ2) is 5.85. The average molecular weight is 312 g/mol. The molecule has 0 saturated heterocycles. The molecule has 2 N–H and O–H groups in total. The van der Waals surface area contributed by atoms with Gasteiger partial charge in [-0.05, 0) is 24.3 Å². The number of nitrogens with one attached hydrogen (secondary N) is 1. The van der Waals surface area contributed by atoms with Crippen LogP contribution in [0.2, 0.25) is 10.3 Å². The fourth-order valence-corrected chi connectivity index (χ4v) is 1.85. The molecule has 2 aromatic heterocycles. The van der Waals surface area contributed by atoms with Gasteiger partial charge in [0.15, 0.2) is 0 Å². The molecule has 0 fully saturated rings. The molecule has 102 valence electrons. The molecule has 6 nitrogen and oxygen atoms in total. The van der Waals surface area contributed by atoms with Gasteiger partial charge in [0, 0.05) is 5.56 Å². The van der Waals surface area contributed by atoms with Crippen LogP contribution in [-0.4, -0.2) is 27.0 Å². The molecule has 0 unspecified atom stereocenters. The van der Waals surface area contributed by atoms with E-state index in [1.807, 2.05) is 0 Å². The van der Waals surface area contributed by atoms with Gasteiger partial charge in [0.05, 0.1) is 11.9 Å². The maximum Gasteiger partial charge on any atom is 0.354 e. The first-order valence-electron chi connectivity index (χ1n) is 5.29. The molecule has 0 aliphatic heterocycles. The quantitative estimate of drug-likeness (QED) is 0.850. The summed E-state index contributed by atoms with van der Waals surface area (Å²) in [6.07, 6.45) is 1.24. The number of rotatable bonds is 3. The van der Waals surface area contributed by atoms with E-state index in [4.69, 9.17) is 28.3 Å². The zero-order valence-corrected chi connectivity index (χ0v) is 11.3. The van der Waals surface area contributed by atoms with E-state index in [-0.39, 0.29) is 21.6 Å². The fraction of sp³-hybridized carbons (Fsp3) is 0. The van der Waals surface area contributed by atoms with Gasteiger partial charge in [-0.1, -0.05) is 23.2 Å². The summed E-state index contributed by atoms with van der Waals surface area (Å²) in [4.78, 5) is 30.0. The van der Waals surface area contributed by atoms with Crippen LogP contribution in [-0.2, 0) is 0 Å². The van der Waals surface area contributed by atoms with E-state index in [0.717, 1.165) is 0 Å². The number of nitrogens with zero attached hydrogens (tertiary/aromatic N) is 2. The van der Waals surface area contributed by atoms with E-state index in [1.54, 1.807) is 0 Å². The van der Waals surface area contributed by atoms with Crippen molar-refractivity contribution >= 4 is 40.8 Å². The molecular formula is C12H7Cl2N3O3. The number of aromatic nitrogens is 2. The van der Waals surface area contributed by atoms with Crippen LogP contribution in [0.3, 0.4) is 0 Å². The van der Waals surface area contributed by atoms with Crippen LogP contribution in [0.1, 0.15) is 20.8 Å². The number of halogens is 2. The van der Waals surface area contributed by atoms with E-state index < -0.39 is 11.9 Å². The van der Waals surface area contributed by atoms with Crippen LogP contribution in [0.25, 0.3) is 0 Å². The number of amides is 1. The maximum atomic E-state index is 11.9. The zero-order chi connectivity index (χ0) is 14.7. The van der Waals surface area contributed by atoms with Crippen molar-refractivity contribution in [3.63, 3.8) is 0 Å². The van der Waals surface area contributed by atoms with E-state index in [0.29, 0.717) is 5.69 Å². The molecule has 1 amide bonds. The third-order valence-electron chi connectivity index (χ3n) is 2.27. The maximum absolute atomic E-state index is 11.9. The molecule has 8 heteroatoms. The van der Waals surface area contributed by atoms with Crippen molar-refractivity contribution in [1.82, 2.24) is 9.97 Å². The number of carboxylic acid groups (broad SMARTS) is 1. The summed E-state index contributed by atoms with van der Waals surface area (Å²) in [7, 11) is 0. The molecular weight excluding hydrogens is 305 g/mol. The molecule has 0 radical (unpaired) electrons. The standard InChI is InChI=1S/C12H7Cl2N3O3/c13-9-3-6(4-10(14)17-9)11(18)16-7-1-2-8(12(19)20)15-5-7/h1-5H,(H,16,18)(H,19,20). The Morgan fingerprint density at radius 2 is 1.80 bits per heavy atom. The summed E-state index contributed by atoms with van der Waals surface area (Å²) in [5.74, 6) is -1.60. The van der Waals surface area contributed by atoms with Gasteiger partial charge in [-0.15, -0.1) is 0 Å². The molecule has 0 aliphatic carbocycles. The Balaban J connectivity index is 2.16. The van der Waals surface area contributed by atoms with Gasteiger partial charge in [0.2, 0.25) is 0 Å². The Hall–Kier alpha value is -2.18. The number of pyridine rings is 2. The van der Waals surface area contributed by atoms with Crippen molar-refractivity contribution in [2.75, 3.05) is 5.32 Å². The predicted octanol–water partition coefficient (Wildman–Crippen LogP) is 2.73. The van der Waals surface area contributed by atoms with Crippen LogP contribution in [0, 0.1) is 0 Å². The van der Waals surface area contributed by atoms with Gasteiger partial charge in [-0.2, -0.15) is 0 Å². The highest BCUT2D eigenvalue weighted by Gasteiger charge is 2.10. The molecule has 0 bridgehead atoms. The van der Waals surface area contributed by atoms with E-state index in [1.165, 1.54) is 30.5 Å². The lowest BCUT2D eigenvalue weighted by Gasteiger charge is -2.05. The minimum Gasteiger partial charge on any atom is -0.477 e. The molecule has 20 heavy (non-hydrogen) atoms. The van der Waals surface area contributed by atoms with Crippen molar-refractivity contribution in [3.8, 4) is 0 Å². The lowest BCUT2D eigenvalue weighted by atomic mass is 10.2. The Morgan fingerprint density at radius 3 is 2.30 bits per heavy atom. The lowest BCUT2D eigenvalue weighted by Crippen LogP contribution is -2.12. The molecule has 2 heterocycles. The summed E-state index contributed by atoms with van der Waals surface area (Å²) in [5, 5.41) is 11.4. The molecule has 0 aromatic carbocycles. The van der Waals surface area contributed by atoms with E-state index >= 15 is 0 Å². The van der Waals surface area contributed by atoms with Crippen LogP contribution in [0.15, 0.2) is 30.5 Å². The van der Waals surface area contributed by atoms with Gasteiger partial charge in [-0.25, -0.2) is 14.8 Å². The SMILES string of the molecule is O=C(Nc1ccc(C(=O)O)nc1)c1cc(Cl)nc(Cl)c1. The number of carboxylic acids is 1. The van der Waals surface area contributed by atoms with Gasteiger partial charge >= 0.3 is 5.97 Å². The largest absolute Gasteiger partial charge is 0.477 e. The highest BCUT2D eigenvalue weighted by atomic mass is 35.5. The first-order valence-corrected chi connectivity index (χ1v) is 6.05. The molecule has 0 atom stereocenters. The van der Waals surface area contributed by atoms with Crippen molar-refractivity contribution in [1.29, 1.82) is 0 Å². The summed E-state index contributed by atoms with van der Waals surface area (Å²) in [5.41, 5.74) is 0.472. The first-order chi connectivity index (χ1) is 9.45. The Morgan fingerprint density at radius 1 is 1.15 bits per heavy atom. The third kappa shape index (κ3) is 3.43. The summed E-state index contributed by atoms with van der Waals surface area (Å²) < 4.78 is 0. The Labute approximate surface area is 123 Å². The summed E-state index contributed by atoms with van der Waals surface area (Å²) in [6, 6.07) is 5.44. The van der Waals surface area contributed by atoms with Gasteiger partial charge < -0.3 is 10.4 Å². The predicted molar refractivity (Wildman–Crippen MR) is 73.4 cm³/mol. The van der Waals surface area contributed by atoms with Gasteiger partial charge in [-0.3, -0.25) is 4.79 Å². The minimum absolute atomic E-state index is 0.0991. The topological polar surface area (TPSA) is 92.2 Å². The van der Waals surface area contributed by atoms with E-state index in [9.17, 15) is 9.59 Å². The molecule has 0 spiro atoms. The van der Waals surface area contributed by atoms with Crippen LogP contribution in [0.5, 0.6) is 0 Å². The number of anilines is 1. The van der Waals surface area contributed by atoms with Crippen molar-refractivity contribution in [2.24, 2.45) is 0 Å². The first kappa shape index (κ1) is 14.2. The van der Waals surface area contributed by atoms with Crippen molar-refractivity contribution < 1.29 is 14.7 Å². The Bertz CT molecular complexity index is 654. The summed E-state index contributed by atoms with van der Waals surface area (Å²) in [6.45, 7) is 0. The Kier molecular flexibility index (Phi) is 4.16. The highest BCUT2D eigenvalue weighted by molar-refractivity contribution is 6.33. The number of hydrogen-bond donors (Lipinski definition) is 2. The molecule has 0 saturated carbocycles. The zero-order valence-electron chi connectivity index (χ0n) is 9.80. The minimum atomic E-state index is -1.14. The fourth-order valence-electron chi connectivity index (χ4n) is 1.39. The molecule has 2 rings (SSSR count). The number of carbonyl (C=O) groups is 2. The van der Waals surface area contributed by atoms with E-state index in [2.05, 4.69) is 15.3 Å². The number of aromatic carboxylic acids is 1. The second-order valence-electron chi connectivity index (χ2n) is 3.69. The highest BCUT2D eigenvalue weighted by Crippen LogP contribution is 2.16. The smallest absolute Gasteiger partial charge is 0.354 e. The normalized spacial score (nSPS) is 10.1. The third-order valence-corrected chi connectivity index (χ3v) is 2.65.